The van der Waals surface area contributed by atoms with Crippen LogP contribution in [0.15, 0.2) is 79.0 Å². The first-order valence-corrected chi connectivity index (χ1v) is 11.3. The van der Waals surface area contributed by atoms with Crippen LogP contribution < -0.4 is 5.32 Å². The van der Waals surface area contributed by atoms with Gasteiger partial charge in [-0.25, -0.2) is 9.59 Å². The van der Waals surface area contributed by atoms with Crippen molar-refractivity contribution >= 4 is 29.0 Å². The zero-order valence-electron chi connectivity index (χ0n) is 20.2. The Hall–Kier alpha value is -3.80. The van der Waals surface area contributed by atoms with E-state index >= 15 is 0 Å². The molecule has 0 saturated heterocycles. The number of amides is 1. The second kappa shape index (κ2) is 11.4. The number of ether oxygens (including phenoxy) is 2. The van der Waals surface area contributed by atoms with Gasteiger partial charge in [-0.05, 0) is 44.4 Å². The number of allylic oxidation sites excluding steroid dienone is 1. The maximum absolute atomic E-state index is 12.4. The fourth-order valence-corrected chi connectivity index (χ4v) is 3.63. The third kappa shape index (κ3) is 7.37. The van der Waals surface area contributed by atoms with Gasteiger partial charge in [-0.15, -0.1) is 0 Å². The van der Waals surface area contributed by atoms with Gasteiger partial charge in [-0.2, -0.15) is 0 Å². The third-order valence-electron chi connectivity index (χ3n) is 5.09. The molecule has 2 aromatic carbocycles. The summed E-state index contributed by atoms with van der Waals surface area (Å²) in [5, 5.41) is 3.96. The first-order chi connectivity index (χ1) is 16.2. The van der Waals surface area contributed by atoms with Crippen LogP contribution in [0.25, 0.3) is 17.0 Å². The van der Waals surface area contributed by atoms with E-state index in [0.29, 0.717) is 13.0 Å². The SMILES string of the molecule is COC(=O)C=C[C@@H](Cc1cn(CC=Cc2ccccc2)c2ccccc12)NC(=O)OC(C)(C)C. The summed E-state index contributed by atoms with van der Waals surface area (Å²) in [6.45, 7) is 6.13. The van der Waals surface area contributed by atoms with Crippen LogP contribution >= 0.6 is 0 Å². The van der Waals surface area contributed by atoms with Crippen molar-refractivity contribution in [1.29, 1.82) is 0 Å². The molecule has 3 rings (SSSR count). The highest BCUT2D eigenvalue weighted by atomic mass is 16.6. The van der Waals surface area contributed by atoms with Gasteiger partial charge in [0, 0.05) is 29.7 Å². The second-order valence-corrected chi connectivity index (χ2v) is 8.98. The van der Waals surface area contributed by atoms with Crippen molar-refractivity contribution in [2.45, 2.75) is 45.4 Å². The Balaban J connectivity index is 1.84. The number of aromatic nitrogens is 1. The number of alkyl carbamates (subject to hydrolysis) is 1. The highest BCUT2D eigenvalue weighted by Crippen LogP contribution is 2.23. The molecule has 1 atom stereocenters. The molecular formula is C28H32N2O4. The summed E-state index contributed by atoms with van der Waals surface area (Å²) in [6.07, 6.45) is 9.22. The Labute approximate surface area is 200 Å². The zero-order chi connectivity index (χ0) is 24.6. The quantitative estimate of drug-likeness (QED) is 0.355. The summed E-state index contributed by atoms with van der Waals surface area (Å²) >= 11 is 0. The smallest absolute Gasteiger partial charge is 0.408 e. The number of carbonyl (C=O) groups excluding carboxylic acids is 2. The van der Waals surface area contributed by atoms with Crippen molar-refractivity contribution in [1.82, 2.24) is 9.88 Å². The van der Waals surface area contributed by atoms with Gasteiger partial charge in [0.05, 0.1) is 13.2 Å². The minimum absolute atomic E-state index is 0.451. The van der Waals surface area contributed by atoms with E-state index < -0.39 is 23.7 Å². The number of para-hydroxylation sites is 1. The van der Waals surface area contributed by atoms with Gasteiger partial charge in [0.15, 0.2) is 0 Å². The molecule has 3 aromatic rings. The molecule has 0 radical (unpaired) electrons. The lowest BCUT2D eigenvalue weighted by Gasteiger charge is -2.22. The predicted octanol–water partition coefficient (Wildman–Crippen LogP) is 5.52. The Morgan fingerprint density at radius 2 is 1.76 bits per heavy atom. The Morgan fingerprint density at radius 3 is 2.47 bits per heavy atom. The van der Waals surface area contributed by atoms with Gasteiger partial charge in [0.1, 0.15) is 5.60 Å². The van der Waals surface area contributed by atoms with Crippen LogP contribution in [0.1, 0.15) is 31.9 Å². The molecule has 0 aliphatic carbocycles. The molecule has 0 fully saturated rings. The van der Waals surface area contributed by atoms with E-state index in [1.54, 1.807) is 6.08 Å². The maximum atomic E-state index is 12.4. The van der Waals surface area contributed by atoms with Crippen LogP contribution in [0.3, 0.4) is 0 Å². The number of fused-ring (bicyclic) bond motifs is 1. The molecule has 0 saturated carbocycles. The Bertz CT molecular complexity index is 1170. The Morgan fingerprint density at radius 1 is 1.06 bits per heavy atom. The van der Waals surface area contributed by atoms with E-state index in [-0.39, 0.29) is 0 Å². The number of hydrogen-bond acceptors (Lipinski definition) is 4. The van der Waals surface area contributed by atoms with E-state index in [9.17, 15) is 9.59 Å². The molecule has 0 aliphatic heterocycles. The average molecular weight is 461 g/mol. The lowest BCUT2D eigenvalue weighted by atomic mass is 10.0. The van der Waals surface area contributed by atoms with E-state index in [0.717, 1.165) is 22.0 Å². The van der Waals surface area contributed by atoms with Gasteiger partial charge in [-0.3, -0.25) is 0 Å². The van der Waals surface area contributed by atoms with E-state index in [4.69, 9.17) is 9.47 Å². The lowest BCUT2D eigenvalue weighted by Crippen LogP contribution is -2.39. The first kappa shape index (κ1) is 24.8. The van der Waals surface area contributed by atoms with Crippen molar-refractivity contribution in [3.8, 4) is 0 Å². The monoisotopic (exact) mass is 460 g/mol. The summed E-state index contributed by atoms with van der Waals surface area (Å²) in [4.78, 5) is 24.1. The van der Waals surface area contributed by atoms with Gasteiger partial charge in [-0.1, -0.05) is 66.8 Å². The molecule has 0 unspecified atom stereocenters. The minimum Gasteiger partial charge on any atom is -0.466 e. The normalized spacial score (nSPS) is 12.8. The highest BCUT2D eigenvalue weighted by Gasteiger charge is 2.20. The molecule has 0 bridgehead atoms. The lowest BCUT2D eigenvalue weighted by molar-refractivity contribution is -0.134. The number of methoxy groups -OCH3 is 1. The number of nitrogens with zero attached hydrogens (tertiary/aromatic N) is 1. The number of carbonyl (C=O) groups is 2. The van der Waals surface area contributed by atoms with E-state index in [2.05, 4.69) is 52.5 Å². The van der Waals surface area contributed by atoms with Crippen LogP contribution in [0, 0.1) is 0 Å². The molecule has 6 nitrogen and oxygen atoms in total. The summed E-state index contributed by atoms with van der Waals surface area (Å²) in [5.74, 6) is -0.482. The number of esters is 1. The largest absolute Gasteiger partial charge is 0.466 e. The van der Waals surface area contributed by atoms with Crippen LogP contribution in [-0.4, -0.2) is 35.4 Å². The van der Waals surface area contributed by atoms with Gasteiger partial charge in [0.2, 0.25) is 0 Å². The molecule has 1 heterocycles. The molecule has 0 spiro atoms. The topological polar surface area (TPSA) is 69.6 Å². The standard InChI is InChI=1S/C28H32N2O4/c1-28(2,3)34-27(32)29-23(16-17-26(31)33-4)19-22-20-30(25-15-9-8-14-24(22)25)18-10-13-21-11-6-5-7-12-21/h5-17,20,23H,18-19H2,1-4H3,(H,29,32)/t23-/m0/s1. The van der Waals surface area contributed by atoms with Crippen molar-refractivity contribution in [3.63, 3.8) is 0 Å². The molecule has 1 amide bonds. The van der Waals surface area contributed by atoms with Crippen LogP contribution in [-0.2, 0) is 27.2 Å². The molecule has 1 aromatic heterocycles. The average Bonchev–Trinajstić information content (AvgIpc) is 3.14. The second-order valence-electron chi connectivity index (χ2n) is 8.98. The molecular weight excluding hydrogens is 428 g/mol. The van der Waals surface area contributed by atoms with Crippen molar-refractivity contribution in [2.75, 3.05) is 7.11 Å². The van der Waals surface area contributed by atoms with Crippen LogP contribution in [0.5, 0.6) is 0 Å². The van der Waals surface area contributed by atoms with Gasteiger partial charge >= 0.3 is 12.1 Å². The molecule has 178 valence electrons. The van der Waals surface area contributed by atoms with Gasteiger partial charge in [0.25, 0.3) is 0 Å². The zero-order valence-corrected chi connectivity index (χ0v) is 20.2. The maximum Gasteiger partial charge on any atom is 0.408 e. The Kier molecular flexibility index (Phi) is 8.30. The number of rotatable bonds is 8. The number of nitrogens with one attached hydrogen (secondary N) is 1. The summed E-state index contributed by atoms with van der Waals surface area (Å²) in [6, 6.07) is 17.9. The number of benzene rings is 2. The summed E-state index contributed by atoms with van der Waals surface area (Å²) in [5.41, 5.74) is 2.68. The van der Waals surface area contributed by atoms with Crippen molar-refractivity contribution in [3.05, 3.63) is 90.1 Å². The van der Waals surface area contributed by atoms with Gasteiger partial charge < -0.3 is 19.4 Å². The molecule has 34 heavy (non-hydrogen) atoms. The van der Waals surface area contributed by atoms with E-state index in [1.165, 1.54) is 13.2 Å². The molecule has 1 N–H and O–H groups in total. The highest BCUT2D eigenvalue weighted by molar-refractivity contribution is 5.84. The molecule has 6 heteroatoms. The first-order valence-electron chi connectivity index (χ1n) is 11.3. The minimum atomic E-state index is -0.623. The predicted molar refractivity (Wildman–Crippen MR) is 135 cm³/mol. The van der Waals surface area contributed by atoms with Crippen molar-refractivity contribution in [2.24, 2.45) is 0 Å². The fourth-order valence-electron chi connectivity index (χ4n) is 3.63. The third-order valence-corrected chi connectivity index (χ3v) is 5.09. The van der Waals surface area contributed by atoms with Crippen LogP contribution in [0.2, 0.25) is 0 Å². The molecule has 0 aliphatic rings. The summed E-state index contributed by atoms with van der Waals surface area (Å²) < 4.78 is 12.3. The number of hydrogen-bond donors (Lipinski definition) is 1. The van der Waals surface area contributed by atoms with Crippen molar-refractivity contribution < 1.29 is 19.1 Å². The van der Waals surface area contributed by atoms with Crippen LogP contribution in [0.4, 0.5) is 4.79 Å². The fraction of sp³-hybridized carbons (Fsp3) is 0.286. The summed E-state index contributed by atoms with van der Waals surface area (Å²) in [7, 11) is 1.32. The van der Waals surface area contributed by atoms with E-state index in [1.807, 2.05) is 51.1 Å².